The molecule has 4 rings (SSSR count). The average Bonchev–Trinajstić information content (AvgIpc) is 3.20. The van der Waals surface area contributed by atoms with Crippen LogP contribution in [0.15, 0.2) is 71.1 Å². The van der Waals surface area contributed by atoms with E-state index in [0.717, 1.165) is 0 Å². The lowest BCUT2D eigenvalue weighted by atomic mass is 10.1. The van der Waals surface area contributed by atoms with Crippen LogP contribution in [-0.4, -0.2) is 23.0 Å². The number of amides is 1. The van der Waals surface area contributed by atoms with Crippen molar-refractivity contribution in [3.8, 4) is 11.5 Å². The molecule has 1 N–H and O–H groups in total. The minimum absolute atomic E-state index is 0.246. The fourth-order valence-electron chi connectivity index (χ4n) is 3.20. The summed E-state index contributed by atoms with van der Waals surface area (Å²) in [5.74, 6) is -0.850. The number of para-hydroxylation sites is 2. The molecule has 8 heteroatoms. The highest BCUT2D eigenvalue weighted by Gasteiger charge is 2.25. The van der Waals surface area contributed by atoms with Gasteiger partial charge in [0.1, 0.15) is 5.52 Å². The molecule has 3 aromatic carbocycles. The van der Waals surface area contributed by atoms with E-state index in [0.29, 0.717) is 38.3 Å². The third-order valence-corrected chi connectivity index (χ3v) is 5.15. The van der Waals surface area contributed by atoms with Crippen molar-refractivity contribution in [2.24, 2.45) is 0 Å². The Labute approximate surface area is 194 Å². The summed E-state index contributed by atoms with van der Waals surface area (Å²) in [7, 11) is 0. The van der Waals surface area contributed by atoms with E-state index in [1.54, 1.807) is 55.5 Å². The summed E-state index contributed by atoms with van der Waals surface area (Å²) < 4.78 is 11.3. The Morgan fingerprint density at radius 1 is 1.03 bits per heavy atom. The summed E-state index contributed by atoms with van der Waals surface area (Å²) in [5.41, 5.74) is 2.42. The molecule has 0 spiro atoms. The number of aromatic nitrogens is 1. The molecular weight excluding hydrogens is 451 g/mol. The van der Waals surface area contributed by atoms with Gasteiger partial charge in [0.15, 0.2) is 11.7 Å². The van der Waals surface area contributed by atoms with Crippen LogP contribution in [0.3, 0.4) is 0 Å². The molecule has 1 aromatic heterocycles. The smallest absolute Gasteiger partial charge is 0.339 e. The van der Waals surface area contributed by atoms with E-state index in [2.05, 4.69) is 10.3 Å². The van der Waals surface area contributed by atoms with Crippen molar-refractivity contribution in [1.82, 2.24) is 4.98 Å². The minimum atomic E-state index is -1.02. The molecule has 0 aliphatic heterocycles. The van der Waals surface area contributed by atoms with Gasteiger partial charge in [0.05, 0.1) is 11.1 Å². The van der Waals surface area contributed by atoms with E-state index >= 15 is 0 Å². The zero-order valence-corrected chi connectivity index (χ0v) is 18.5. The summed E-state index contributed by atoms with van der Waals surface area (Å²) in [5, 5.41) is 3.44. The van der Waals surface area contributed by atoms with Gasteiger partial charge >= 0.3 is 5.97 Å². The Kier molecular flexibility index (Phi) is 6.44. The molecule has 0 fully saturated rings. The lowest BCUT2D eigenvalue weighted by Crippen LogP contribution is -2.32. The largest absolute Gasteiger partial charge is 0.449 e. The van der Waals surface area contributed by atoms with Crippen LogP contribution in [0.25, 0.3) is 22.6 Å². The number of rotatable bonds is 6. The highest BCUT2D eigenvalue weighted by molar-refractivity contribution is 6.35. The molecule has 0 radical (unpaired) electrons. The van der Waals surface area contributed by atoms with Crippen LogP contribution >= 0.6 is 23.2 Å². The molecule has 4 aromatic rings. The predicted octanol–water partition coefficient (Wildman–Crippen LogP) is 6.38. The summed E-state index contributed by atoms with van der Waals surface area (Å²) in [6.45, 7) is 1.75. The molecule has 0 saturated heterocycles. The van der Waals surface area contributed by atoms with Gasteiger partial charge in [0.2, 0.25) is 5.89 Å². The van der Waals surface area contributed by atoms with Gasteiger partial charge in [-0.25, -0.2) is 9.78 Å². The molecule has 1 unspecified atom stereocenters. The predicted molar refractivity (Wildman–Crippen MR) is 124 cm³/mol. The third kappa shape index (κ3) is 4.77. The first-order valence-corrected chi connectivity index (χ1v) is 10.6. The number of carbonyl (C=O) groups is 2. The number of nitrogens with zero attached hydrogens (tertiary/aromatic N) is 1. The molecule has 32 heavy (non-hydrogen) atoms. The van der Waals surface area contributed by atoms with E-state index in [9.17, 15) is 9.59 Å². The maximum atomic E-state index is 13.0. The number of oxazole rings is 1. The minimum Gasteiger partial charge on any atom is -0.449 e. The summed E-state index contributed by atoms with van der Waals surface area (Å²) in [4.78, 5) is 30.1. The molecule has 1 heterocycles. The second kappa shape index (κ2) is 9.42. The molecule has 1 amide bonds. The van der Waals surface area contributed by atoms with Gasteiger partial charge in [-0.05, 0) is 48.9 Å². The zero-order valence-electron chi connectivity index (χ0n) is 17.0. The number of fused-ring (bicyclic) bond motifs is 1. The number of halogens is 2. The molecule has 162 valence electrons. The topological polar surface area (TPSA) is 81.4 Å². The Hall–Kier alpha value is -3.35. The number of anilines is 1. The fourth-order valence-corrected chi connectivity index (χ4v) is 3.72. The van der Waals surface area contributed by atoms with Gasteiger partial charge in [0, 0.05) is 15.7 Å². The number of benzene rings is 3. The first-order valence-electron chi connectivity index (χ1n) is 9.87. The van der Waals surface area contributed by atoms with Crippen LogP contribution in [0.5, 0.6) is 0 Å². The highest BCUT2D eigenvalue weighted by Crippen LogP contribution is 2.28. The lowest BCUT2D eigenvalue weighted by molar-refractivity contribution is -0.124. The third-order valence-electron chi connectivity index (χ3n) is 4.71. The van der Waals surface area contributed by atoms with Crippen LogP contribution in [-0.2, 0) is 9.53 Å². The number of hydrogen-bond donors (Lipinski definition) is 1. The number of ether oxygens (including phenoxy) is 1. The number of hydrogen-bond acceptors (Lipinski definition) is 5. The molecule has 0 aliphatic carbocycles. The Bertz CT molecular complexity index is 1250. The van der Waals surface area contributed by atoms with Crippen molar-refractivity contribution in [1.29, 1.82) is 0 Å². The van der Waals surface area contributed by atoms with Gasteiger partial charge in [-0.15, -0.1) is 0 Å². The van der Waals surface area contributed by atoms with Crippen molar-refractivity contribution in [3.63, 3.8) is 0 Å². The first kappa shape index (κ1) is 21.9. The van der Waals surface area contributed by atoms with Gasteiger partial charge in [-0.1, -0.05) is 54.4 Å². The Morgan fingerprint density at radius 3 is 2.44 bits per heavy atom. The summed E-state index contributed by atoms with van der Waals surface area (Å²) >= 11 is 12.0. The van der Waals surface area contributed by atoms with Gasteiger partial charge in [-0.2, -0.15) is 0 Å². The highest BCUT2D eigenvalue weighted by atomic mass is 35.5. The standard InChI is InChI=1S/C24H18Cl2N2O4/c1-2-20(22(29)27-16-12-14(25)11-15(26)13-16)32-24(30)18-8-4-3-7-17(18)23-28-19-9-5-6-10-21(19)31-23/h3-13,20H,2H2,1H3,(H,27,29). The molecule has 1 atom stereocenters. The number of carbonyl (C=O) groups excluding carboxylic acids is 2. The van der Waals surface area contributed by atoms with Crippen molar-refractivity contribution in [2.45, 2.75) is 19.4 Å². The normalized spacial score (nSPS) is 11.8. The molecule has 0 bridgehead atoms. The Balaban J connectivity index is 1.55. The van der Waals surface area contributed by atoms with E-state index in [1.807, 2.05) is 18.2 Å². The zero-order chi connectivity index (χ0) is 22.7. The maximum Gasteiger partial charge on any atom is 0.339 e. The molecule has 0 saturated carbocycles. The van der Waals surface area contributed by atoms with E-state index in [1.165, 1.54) is 0 Å². The van der Waals surface area contributed by atoms with E-state index in [4.69, 9.17) is 32.4 Å². The van der Waals surface area contributed by atoms with Crippen LogP contribution in [0.1, 0.15) is 23.7 Å². The first-order chi connectivity index (χ1) is 15.4. The fraction of sp³-hybridized carbons (Fsp3) is 0.125. The van der Waals surface area contributed by atoms with E-state index < -0.39 is 18.0 Å². The molecular formula is C24H18Cl2N2O4. The second-order valence-electron chi connectivity index (χ2n) is 6.98. The summed E-state index contributed by atoms with van der Waals surface area (Å²) in [6.07, 6.45) is -0.742. The van der Waals surface area contributed by atoms with Gasteiger partial charge in [-0.3, -0.25) is 4.79 Å². The molecule has 0 aliphatic rings. The monoisotopic (exact) mass is 468 g/mol. The van der Waals surface area contributed by atoms with Crippen LogP contribution in [0.4, 0.5) is 5.69 Å². The van der Waals surface area contributed by atoms with Crippen LogP contribution < -0.4 is 5.32 Å². The quantitative estimate of drug-likeness (QED) is 0.332. The lowest BCUT2D eigenvalue weighted by Gasteiger charge is -2.17. The summed E-state index contributed by atoms with van der Waals surface area (Å²) in [6, 6.07) is 18.8. The van der Waals surface area contributed by atoms with Crippen LogP contribution in [0, 0.1) is 0 Å². The van der Waals surface area contributed by atoms with Gasteiger partial charge < -0.3 is 14.5 Å². The Morgan fingerprint density at radius 2 is 1.72 bits per heavy atom. The van der Waals surface area contributed by atoms with Crippen molar-refractivity contribution < 1.29 is 18.7 Å². The van der Waals surface area contributed by atoms with Crippen LogP contribution in [0.2, 0.25) is 10.0 Å². The van der Waals surface area contributed by atoms with Crippen molar-refractivity contribution in [2.75, 3.05) is 5.32 Å². The van der Waals surface area contributed by atoms with E-state index in [-0.39, 0.29) is 12.0 Å². The number of nitrogens with one attached hydrogen (secondary N) is 1. The number of esters is 1. The van der Waals surface area contributed by atoms with Crippen molar-refractivity contribution >= 4 is 51.9 Å². The van der Waals surface area contributed by atoms with Gasteiger partial charge in [0.25, 0.3) is 5.91 Å². The maximum absolute atomic E-state index is 13.0. The average molecular weight is 469 g/mol. The SMILES string of the molecule is CCC(OC(=O)c1ccccc1-c1nc2ccccc2o1)C(=O)Nc1cc(Cl)cc(Cl)c1. The second-order valence-corrected chi connectivity index (χ2v) is 7.85. The molecule has 6 nitrogen and oxygen atoms in total. The van der Waals surface area contributed by atoms with Crippen molar-refractivity contribution in [3.05, 3.63) is 82.3 Å².